The summed E-state index contributed by atoms with van der Waals surface area (Å²) < 4.78 is 2.30. The van der Waals surface area contributed by atoms with Crippen molar-refractivity contribution in [2.45, 2.75) is 39.2 Å². The molecule has 0 saturated heterocycles. The number of halogens is 1. The Morgan fingerprint density at radius 3 is 2.16 bits per heavy atom. The lowest BCUT2D eigenvalue weighted by molar-refractivity contribution is -0.697. The maximum absolute atomic E-state index is 2.30. The van der Waals surface area contributed by atoms with Crippen molar-refractivity contribution in [1.82, 2.24) is 0 Å². The van der Waals surface area contributed by atoms with Crippen molar-refractivity contribution >= 4 is 0 Å². The van der Waals surface area contributed by atoms with E-state index in [1.807, 2.05) is 0 Å². The Hall–Kier alpha value is -1.93. The fourth-order valence-corrected chi connectivity index (χ4v) is 3.09. The van der Waals surface area contributed by atoms with E-state index in [0.29, 0.717) is 0 Å². The molecule has 0 N–H and O–H groups in total. The van der Waals surface area contributed by atoms with E-state index in [2.05, 4.69) is 90.6 Å². The fourth-order valence-electron chi connectivity index (χ4n) is 3.09. The molecule has 0 amide bonds. The molecule has 1 aromatic heterocycles. The molecule has 0 unspecified atom stereocenters. The third-order valence-corrected chi connectivity index (χ3v) is 4.45. The van der Waals surface area contributed by atoms with Gasteiger partial charge in [-0.25, -0.2) is 4.57 Å². The molecule has 1 nitrogen and oxygen atoms in total. The Labute approximate surface area is 162 Å². The molecule has 0 aliphatic heterocycles. The standard InChI is InChI=1S/C23H26N.BrH/c1-20-9-8-18-24(19-20)17-7-3-4-10-21-13-15-23(16-14-21)22-11-5-2-6-12-22;/h2,5-6,8-9,11-16,18-19H,3-4,7,10,17H2,1H3;1H/q+1;/p-1. The van der Waals surface area contributed by atoms with Crippen LogP contribution in [0.15, 0.2) is 79.1 Å². The van der Waals surface area contributed by atoms with Gasteiger partial charge >= 0.3 is 0 Å². The summed E-state index contributed by atoms with van der Waals surface area (Å²) in [5, 5.41) is 0. The Balaban J connectivity index is 0.00000225. The van der Waals surface area contributed by atoms with Gasteiger partial charge in [0.15, 0.2) is 12.4 Å². The van der Waals surface area contributed by atoms with E-state index < -0.39 is 0 Å². The summed E-state index contributed by atoms with van der Waals surface area (Å²) >= 11 is 0. The molecule has 1 heterocycles. The van der Waals surface area contributed by atoms with E-state index in [9.17, 15) is 0 Å². The molecule has 3 rings (SSSR count). The van der Waals surface area contributed by atoms with Crippen LogP contribution < -0.4 is 21.5 Å². The van der Waals surface area contributed by atoms with Crippen LogP contribution in [-0.4, -0.2) is 0 Å². The number of hydrogen-bond acceptors (Lipinski definition) is 0. The lowest BCUT2D eigenvalue weighted by atomic mass is 10.0. The highest BCUT2D eigenvalue weighted by Gasteiger charge is 2.01. The second kappa shape index (κ2) is 10.1. The topological polar surface area (TPSA) is 3.88 Å². The van der Waals surface area contributed by atoms with Gasteiger partial charge in [0.2, 0.25) is 0 Å². The van der Waals surface area contributed by atoms with E-state index in [1.165, 1.54) is 47.9 Å². The number of rotatable bonds is 7. The van der Waals surface area contributed by atoms with Gasteiger partial charge in [-0.2, -0.15) is 0 Å². The van der Waals surface area contributed by atoms with Crippen molar-refractivity contribution in [3.05, 3.63) is 90.3 Å². The SMILES string of the molecule is Cc1ccc[n+](CCCCCc2ccc(-c3ccccc3)cc2)c1.[Br-]. The number of unbranched alkanes of at least 4 members (excludes halogenated alkanes) is 2. The Kier molecular flexibility index (Phi) is 7.87. The molecule has 0 bridgehead atoms. The minimum absolute atomic E-state index is 0. The molecule has 0 saturated carbocycles. The molecular weight excluding hydrogens is 370 g/mol. The first-order valence-corrected chi connectivity index (χ1v) is 8.91. The highest BCUT2D eigenvalue weighted by molar-refractivity contribution is 5.63. The highest BCUT2D eigenvalue weighted by Crippen LogP contribution is 2.19. The number of aromatic nitrogens is 1. The number of aryl methyl sites for hydroxylation is 3. The fraction of sp³-hybridized carbons (Fsp3) is 0.261. The molecule has 0 atom stereocenters. The minimum Gasteiger partial charge on any atom is -1.00 e. The van der Waals surface area contributed by atoms with Gasteiger partial charge in [-0.3, -0.25) is 0 Å². The molecule has 0 aliphatic carbocycles. The summed E-state index contributed by atoms with van der Waals surface area (Å²) in [6.45, 7) is 3.27. The van der Waals surface area contributed by atoms with Gasteiger partial charge < -0.3 is 17.0 Å². The zero-order valence-electron chi connectivity index (χ0n) is 14.9. The minimum atomic E-state index is 0. The molecule has 0 spiro atoms. The second-order valence-corrected chi connectivity index (χ2v) is 6.49. The van der Waals surface area contributed by atoms with Crippen molar-refractivity contribution in [1.29, 1.82) is 0 Å². The summed E-state index contributed by atoms with van der Waals surface area (Å²) in [4.78, 5) is 0. The van der Waals surface area contributed by atoms with Crippen LogP contribution in [-0.2, 0) is 13.0 Å². The zero-order chi connectivity index (χ0) is 16.6. The maximum Gasteiger partial charge on any atom is 0.171 e. The van der Waals surface area contributed by atoms with Gasteiger partial charge in [-0.1, -0.05) is 54.6 Å². The van der Waals surface area contributed by atoms with Gasteiger partial charge in [-0.15, -0.1) is 0 Å². The van der Waals surface area contributed by atoms with Gasteiger partial charge in [0.05, 0.1) is 0 Å². The van der Waals surface area contributed by atoms with Crippen molar-refractivity contribution in [2.75, 3.05) is 0 Å². The lowest BCUT2D eigenvalue weighted by Crippen LogP contribution is -3.00. The smallest absolute Gasteiger partial charge is 0.171 e. The van der Waals surface area contributed by atoms with E-state index >= 15 is 0 Å². The Morgan fingerprint density at radius 1 is 0.720 bits per heavy atom. The predicted molar refractivity (Wildman–Crippen MR) is 101 cm³/mol. The van der Waals surface area contributed by atoms with Crippen LogP contribution in [0.4, 0.5) is 0 Å². The molecule has 2 aromatic carbocycles. The third-order valence-electron chi connectivity index (χ3n) is 4.45. The van der Waals surface area contributed by atoms with Crippen LogP contribution in [0.2, 0.25) is 0 Å². The van der Waals surface area contributed by atoms with Crippen LogP contribution in [0.1, 0.15) is 30.4 Å². The molecule has 2 heteroatoms. The summed E-state index contributed by atoms with van der Waals surface area (Å²) in [5.41, 5.74) is 5.36. The van der Waals surface area contributed by atoms with E-state index in [0.717, 1.165) is 6.54 Å². The van der Waals surface area contributed by atoms with Gasteiger partial charge in [0.1, 0.15) is 6.54 Å². The van der Waals surface area contributed by atoms with Gasteiger partial charge in [0, 0.05) is 18.1 Å². The molecule has 130 valence electrons. The number of nitrogens with zero attached hydrogens (tertiary/aromatic N) is 1. The molecule has 0 fully saturated rings. The van der Waals surface area contributed by atoms with Gasteiger partial charge in [-0.05, 0) is 48.9 Å². The molecule has 0 radical (unpaired) electrons. The first-order valence-electron chi connectivity index (χ1n) is 8.91. The summed E-state index contributed by atoms with van der Waals surface area (Å²) in [6.07, 6.45) is 9.35. The largest absolute Gasteiger partial charge is 1.00 e. The van der Waals surface area contributed by atoms with Crippen LogP contribution in [0, 0.1) is 6.92 Å². The van der Waals surface area contributed by atoms with E-state index in [1.54, 1.807) is 0 Å². The highest BCUT2D eigenvalue weighted by atomic mass is 79.9. The summed E-state index contributed by atoms with van der Waals surface area (Å²) in [6, 6.07) is 23.9. The number of pyridine rings is 1. The van der Waals surface area contributed by atoms with Crippen LogP contribution in [0.5, 0.6) is 0 Å². The lowest BCUT2D eigenvalue weighted by Gasteiger charge is -2.05. The molecular formula is C23H26BrN. The first-order chi connectivity index (χ1) is 11.8. The van der Waals surface area contributed by atoms with E-state index in [4.69, 9.17) is 0 Å². The zero-order valence-corrected chi connectivity index (χ0v) is 16.5. The van der Waals surface area contributed by atoms with E-state index in [-0.39, 0.29) is 17.0 Å². The third kappa shape index (κ3) is 6.13. The van der Waals surface area contributed by atoms with Crippen molar-refractivity contribution < 1.29 is 21.5 Å². The Bertz CT molecular complexity index is 751. The molecule has 3 aromatic rings. The van der Waals surface area contributed by atoms with Crippen LogP contribution in [0.3, 0.4) is 0 Å². The maximum atomic E-state index is 2.30. The number of hydrogen-bond donors (Lipinski definition) is 0. The average Bonchev–Trinajstić information content (AvgIpc) is 2.63. The normalized spacial score (nSPS) is 10.3. The quantitative estimate of drug-likeness (QED) is 0.427. The van der Waals surface area contributed by atoms with Crippen LogP contribution >= 0.6 is 0 Å². The number of benzene rings is 2. The monoisotopic (exact) mass is 395 g/mol. The Morgan fingerprint density at radius 2 is 1.44 bits per heavy atom. The van der Waals surface area contributed by atoms with Gasteiger partial charge in [0.25, 0.3) is 0 Å². The predicted octanol–water partition coefficient (Wildman–Crippen LogP) is 2.37. The average molecular weight is 396 g/mol. The van der Waals surface area contributed by atoms with Crippen LogP contribution in [0.25, 0.3) is 11.1 Å². The second-order valence-electron chi connectivity index (χ2n) is 6.49. The van der Waals surface area contributed by atoms with Crippen molar-refractivity contribution in [3.8, 4) is 11.1 Å². The first kappa shape index (κ1) is 19.4. The molecule has 0 aliphatic rings. The summed E-state index contributed by atoms with van der Waals surface area (Å²) in [7, 11) is 0. The van der Waals surface area contributed by atoms with Crippen molar-refractivity contribution in [3.63, 3.8) is 0 Å². The molecule has 25 heavy (non-hydrogen) atoms. The van der Waals surface area contributed by atoms with Crippen molar-refractivity contribution in [2.24, 2.45) is 0 Å². The summed E-state index contributed by atoms with van der Waals surface area (Å²) in [5.74, 6) is 0.